The van der Waals surface area contributed by atoms with Crippen LogP contribution in [0.1, 0.15) is 43.7 Å². The van der Waals surface area contributed by atoms with Crippen molar-refractivity contribution in [3.05, 3.63) is 90.0 Å². The Morgan fingerprint density at radius 1 is 0.814 bits per heavy atom. The summed E-state index contributed by atoms with van der Waals surface area (Å²) in [5, 5.41) is 14.8. The maximum atomic E-state index is 13.9. The number of methoxy groups -OCH3 is 1. The molecule has 1 saturated heterocycles. The number of carbonyl (C=O) groups is 3. The number of rotatable bonds is 10. The molecule has 0 saturated carbocycles. The van der Waals surface area contributed by atoms with Crippen molar-refractivity contribution >= 4 is 29.2 Å². The summed E-state index contributed by atoms with van der Waals surface area (Å²) in [6.45, 7) is 8.04. The highest BCUT2D eigenvalue weighted by atomic mass is 16.5. The van der Waals surface area contributed by atoms with Gasteiger partial charge in [0, 0.05) is 31.9 Å². The molecule has 2 aliphatic heterocycles. The summed E-state index contributed by atoms with van der Waals surface area (Å²) >= 11 is 0. The van der Waals surface area contributed by atoms with Crippen molar-refractivity contribution in [2.24, 2.45) is 0 Å². The quantitative estimate of drug-likeness (QED) is 0.251. The highest BCUT2D eigenvalue weighted by Crippen LogP contribution is 2.47. The van der Waals surface area contributed by atoms with Gasteiger partial charge in [-0.1, -0.05) is 74.0 Å². The van der Waals surface area contributed by atoms with Crippen molar-refractivity contribution < 1.29 is 29.3 Å². The first kappa shape index (κ1) is 31.6. The van der Waals surface area contributed by atoms with Gasteiger partial charge in [0.25, 0.3) is 0 Å². The van der Waals surface area contributed by atoms with E-state index in [1.807, 2.05) is 35.2 Å². The largest absolute Gasteiger partial charge is 0.495 e. The number of amides is 1. The summed E-state index contributed by atoms with van der Waals surface area (Å²) in [5.74, 6) is -2.43. The molecule has 3 aromatic rings. The van der Waals surface area contributed by atoms with Gasteiger partial charge in [0.1, 0.15) is 5.75 Å². The molecule has 1 amide bonds. The fourth-order valence-corrected chi connectivity index (χ4v) is 6.15. The van der Waals surface area contributed by atoms with E-state index in [1.165, 1.54) is 16.8 Å². The van der Waals surface area contributed by atoms with Gasteiger partial charge in [-0.15, -0.1) is 0 Å². The number of para-hydroxylation sites is 3. The number of carboxylic acid groups (broad SMARTS) is 2. The number of piperazine rings is 1. The summed E-state index contributed by atoms with van der Waals surface area (Å²) in [5.41, 5.74) is 4.25. The van der Waals surface area contributed by atoms with E-state index in [2.05, 4.69) is 65.3 Å². The second kappa shape index (κ2) is 14.7. The van der Waals surface area contributed by atoms with Crippen LogP contribution in [0.15, 0.2) is 78.9 Å². The van der Waals surface area contributed by atoms with Crippen LogP contribution in [0.4, 0.5) is 11.4 Å². The maximum absolute atomic E-state index is 13.9. The lowest BCUT2D eigenvalue weighted by atomic mass is 9.75. The Hall–Kier alpha value is -4.37. The first-order valence-corrected chi connectivity index (χ1v) is 14.8. The van der Waals surface area contributed by atoms with Crippen molar-refractivity contribution in [1.82, 2.24) is 4.90 Å². The number of hydrogen-bond donors (Lipinski definition) is 2. The molecule has 0 bridgehead atoms. The first-order valence-electron chi connectivity index (χ1n) is 14.8. The van der Waals surface area contributed by atoms with Crippen LogP contribution in [-0.4, -0.2) is 72.8 Å². The highest BCUT2D eigenvalue weighted by Gasteiger charge is 2.48. The summed E-state index contributed by atoms with van der Waals surface area (Å²) in [4.78, 5) is 39.2. The molecule has 9 heteroatoms. The normalized spacial score (nSPS) is 18.0. The van der Waals surface area contributed by atoms with Crippen LogP contribution >= 0.6 is 0 Å². The molecule has 0 radical (unpaired) electrons. The van der Waals surface area contributed by atoms with E-state index >= 15 is 0 Å². The van der Waals surface area contributed by atoms with Gasteiger partial charge in [0.2, 0.25) is 5.91 Å². The minimum Gasteiger partial charge on any atom is -0.495 e. The number of hydrogen-bond acceptors (Lipinski definition) is 6. The Labute approximate surface area is 253 Å². The lowest BCUT2D eigenvalue weighted by Gasteiger charge is -2.36. The Morgan fingerprint density at radius 3 is 2.05 bits per heavy atom. The predicted octanol–water partition coefficient (Wildman–Crippen LogP) is 5.04. The molecule has 0 spiro atoms. The molecule has 1 fully saturated rings. The van der Waals surface area contributed by atoms with E-state index in [1.54, 1.807) is 7.11 Å². The van der Waals surface area contributed by atoms with Crippen LogP contribution in [-0.2, 0) is 26.3 Å². The van der Waals surface area contributed by atoms with E-state index in [0.717, 1.165) is 69.8 Å². The molecule has 228 valence electrons. The molecule has 5 rings (SSSR count). The Balaban J connectivity index is 0.000000641. The van der Waals surface area contributed by atoms with Crippen molar-refractivity contribution in [3.8, 4) is 5.75 Å². The number of carbonyl (C=O) groups excluding carboxylic acids is 1. The average molecular weight is 588 g/mol. The van der Waals surface area contributed by atoms with Gasteiger partial charge in [-0.25, -0.2) is 9.59 Å². The fraction of sp³-hybridized carbons (Fsp3) is 0.382. The number of carboxylic acids is 2. The van der Waals surface area contributed by atoms with E-state index in [9.17, 15) is 4.79 Å². The number of anilines is 2. The van der Waals surface area contributed by atoms with Gasteiger partial charge in [-0.2, -0.15) is 0 Å². The minimum absolute atomic E-state index is 0.269. The van der Waals surface area contributed by atoms with Crippen molar-refractivity contribution in [1.29, 1.82) is 0 Å². The monoisotopic (exact) mass is 587 g/mol. The van der Waals surface area contributed by atoms with E-state index in [4.69, 9.17) is 24.5 Å². The molecule has 0 aliphatic carbocycles. The minimum atomic E-state index is -1.82. The van der Waals surface area contributed by atoms with Crippen molar-refractivity contribution in [3.63, 3.8) is 0 Å². The standard InChI is InChI=1S/C32H39N3O2.C2H2O4/c1-3-32(27-15-7-8-16-28(27)35(31(32)36)25-26-13-5-4-6-14-26)19-11-12-20-33-21-23-34(24-22-33)29-17-9-10-18-30(29)37-2;3-1(4)2(5)6/h4-10,13-18H,3,11-12,19-25H2,1-2H3;(H,3,4)(H,5,6). The van der Waals surface area contributed by atoms with Gasteiger partial charge in [-0.3, -0.25) is 9.69 Å². The molecule has 3 aromatic carbocycles. The van der Waals surface area contributed by atoms with E-state index in [0.29, 0.717) is 6.54 Å². The van der Waals surface area contributed by atoms with E-state index < -0.39 is 17.4 Å². The fourth-order valence-electron chi connectivity index (χ4n) is 6.15. The summed E-state index contributed by atoms with van der Waals surface area (Å²) in [7, 11) is 1.74. The SMILES string of the molecule is CCC1(CCCCN2CCN(c3ccccc3OC)CC2)C(=O)N(Cc2ccccc2)c2ccccc21.O=C(O)C(=O)O. The number of fused-ring (bicyclic) bond motifs is 1. The third-order valence-electron chi connectivity index (χ3n) is 8.46. The Morgan fingerprint density at radius 2 is 1.42 bits per heavy atom. The van der Waals surface area contributed by atoms with Gasteiger partial charge < -0.3 is 24.7 Å². The predicted molar refractivity (Wildman–Crippen MR) is 167 cm³/mol. The Bertz CT molecular complexity index is 1380. The smallest absolute Gasteiger partial charge is 0.414 e. The summed E-state index contributed by atoms with van der Waals surface area (Å²) < 4.78 is 5.56. The Kier molecular flexibility index (Phi) is 10.8. The summed E-state index contributed by atoms with van der Waals surface area (Å²) in [6, 6.07) is 27.1. The average Bonchev–Trinajstić information content (AvgIpc) is 3.27. The molecule has 43 heavy (non-hydrogen) atoms. The van der Waals surface area contributed by atoms with Gasteiger partial charge >= 0.3 is 11.9 Å². The number of benzene rings is 3. The van der Waals surface area contributed by atoms with Crippen molar-refractivity contribution in [2.75, 3.05) is 49.6 Å². The molecule has 9 nitrogen and oxygen atoms in total. The van der Waals surface area contributed by atoms with Crippen LogP contribution in [0.5, 0.6) is 5.75 Å². The highest BCUT2D eigenvalue weighted by molar-refractivity contribution is 6.27. The lowest BCUT2D eigenvalue weighted by molar-refractivity contribution is -0.159. The third-order valence-corrected chi connectivity index (χ3v) is 8.46. The first-order chi connectivity index (χ1) is 20.8. The molecular weight excluding hydrogens is 546 g/mol. The summed E-state index contributed by atoms with van der Waals surface area (Å²) in [6.07, 6.45) is 3.92. The van der Waals surface area contributed by atoms with Gasteiger partial charge in [0.15, 0.2) is 0 Å². The van der Waals surface area contributed by atoms with Gasteiger partial charge in [-0.05, 0) is 55.1 Å². The number of aliphatic carboxylic acids is 2. The van der Waals surface area contributed by atoms with Crippen LogP contribution in [0.25, 0.3) is 0 Å². The zero-order valence-electron chi connectivity index (χ0n) is 24.9. The van der Waals surface area contributed by atoms with Crippen molar-refractivity contribution in [2.45, 2.75) is 44.6 Å². The number of unbranched alkanes of at least 4 members (excludes halogenated alkanes) is 1. The van der Waals surface area contributed by atoms with E-state index in [-0.39, 0.29) is 5.91 Å². The molecule has 2 N–H and O–H groups in total. The molecule has 1 unspecified atom stereocenters. The molecule has 2 aliphatic rings. The van der Waals surface area contributed by atoms with Gasteiger partial charge in [0.05, 0.1) is 24.8 Å². The molecule has 2 heterocycles. The van der Waals surface area contributed by atoms with Crippen LogP contribution in [0, 0.1) is 0 Å². The maximum Gasteiger partial charge on any atom is 0.414 e. The number of nitrogens with zero attached hydrogens (tertiary/aromatic N) is 3. The number of ether oxygens (including phenoxy) is 1. The van der Waals surface area contributed by atoms with Crippen LogP contribution < -0.4 is 14.5 Å². The third kappa shape index (κ3) is 7.35. The molecule has 1 atom stereocenters. The molecular formula is C34H41N3O6. The lowest BCUT2D eigenvalue weighted by Crippen LogP contribution is -2.46. The topological polar surface area (TPSA) is 111 Å². The van der Waals surface area contributed by atoms with Crippen LogP contribution in [0.2, 0.25) is 0 Å². The second-order valence-electron chi connectivity index (χ2n) is 10.9. The zero-order valence-corrected chi connectivity index (χ0v) is 24.9. The molecule has 0 aromatic heterocycles. The second-order valence-corrected chi connectivity index (χ2v) is 10.9. The van der Waals surface area contributed by atoms with Crippen LogP contribution in [0.3, 0.4) is 0 Å². The zero-order chi connectivity index (χ0) is 30.8.